The molecule has 26 heavy (non-hydrogen) atoms. The zero-order valence-electron chi connectivity index (χ0n) is 15.6. The molecule has 0 bridgehead atoms. The zero-order chi connectivity index (χ0) is 18.7. The standard InChI is InChI=1S/C19H28N2O3S2/c1-15-8-12-21(13-9-15)26(23,24)16-6-7-18(25-2)17(14-16)19(22)20-10-4-3-5-11-20/h6-7,14-15H,3-5,8-13H2,1-2H3. The number of benzene rings is 1. The second-order valence-electron chi connectivity index (χ2n) is 7.30. The Hall–Kier alpha value is -1.05. The van der Waals surface area contributed by atoms with E-state index in [0.717, 1.165) is 50.1 Å². The summed E-state index contributed by atoms with van der Waals surface area (Å²) in [5.74, 6) is 0.523. The maximum atomic E-state index is 13.0. The van der Waals surface area contributed by atoms with E-state index in [-0.39, 0.29) is 10.8 Å². The summed E-state index contributed by atoms with van der Waals surface area (Å²) in [6.45, 7) is 4.79. The van der Waals surface area contributed by atoms with Crippen LogP contribution in [0, 0.1) is 5.92 Å². The van der Waals surface area contributed by atoms with Crippen molar-refractivity contribution in [2.45, 2.75) is 48.8 Å². The molecule has 7 heteroatoms. The summed E-state index contributed by atoms with van der Waals surface area (Å²) in [6.07, 6.45) is 6.89. The van der Waals surface area contributed by atoms with Crippen LogP contribution in [0.3, 0.4) is 0 Å². The van der Waals surface area contributed by atoms with Gasteiger partial charge in [0.25, 0.3) is 5.91 Å². The number of hydrogen-bond donors (Lipinski definition) is 0. The number of amides is 1. The molecule has 0 aromatic heterocycles. The van der Waals surface area contributed by atoms with Crippen LogP contribution in [0.4, 0.5) is 0 Å². The average molecular weight is 397 g/mol. The van der Waals surface area contributed by atoms with Crippen LogP contribution >= 0.6 is 11.8 Å². The van der Waals surface area contributed by atoms with Gasteiger partial charge in [0.1, 0.15) is 0 Å². The van der Waals surface area contributed by atoms with Gasteiger partial charge in [-0.25, -0.2) is 8.42 Å². The first-order valence-electron chi connectivity index (χ1n) is 9.41. The Morgan fingerprint density at radius 3 is 2.35 bits per heavy atom. The molecule has 2 aliphatic rings. The molecule has 2 heterocycles. The van der Waals surface area contributed by atoms with Crippen molar-refractivity contribution in [2.24, 2.45) is 5.92 Å². The molecule has 2 aliphatic heterocycles. The molecule has 0 saturated carbocycles. The molecule has 0 unspecified atom stereocenters. The van der Waals surface area contributed by atoms with Crippen LogP contribution in [-0.4, -0.2) is 56.0 Å². The summed E-state index contributed by atoms with van der Waals surface area (Å²) in [5.41, 5.74) is 0.519. The Labute approximate surface area is 161 Å². The van der Waals surface area contributed by atoms with Gasteiger partial charge in [0.2, 0.25) is 10.0 Å². The van der Waals surface area contributed by atoms with Crippen molar-refractivity contribution in [1.29, 1.82) is 0 Å². The SMILES string of the molecule is CSc1ccc(S(=O)(=O)N2CCC(C)CC2)cc1C(=O)N1CCCCC1. The number of thioether (sulfide) groups is 1. The van der Waals surface area contributed by atoms with Crippen molar-refractivity contribution in [3.05, 3.63) is 23.8 Å². The summed E-state index contributed by atoms with van der Waals surface area (Å²) < 4.78 is 27.6. The fourth-order valence-electron chi connectivity index (χ4n) is 3.66. The van der Waals surface area contributed by atoms with Crippen molar-refractivity contribution < 1.29 is 13.2 Å². The van der Waals surface area contributed by atoms with Gasteiger partial charge < -0.3 is 4.90 Å². The van der Waals surface area contributed by atoms with Gasteiger partial charge in [-0.3, -0.25) is 4.79 Å². The number of rotatable bonds is 4. The highest BCUT2D eigenvalue weighted by Crippen LogP contribution is 2.29. The van der Waals surface area contributed by atoms with Crippen molar-refractivity contribution >= 4 is 27.7 Å². The van der Waals surface area contributed by atoms with Crippen LogP contribution in [0.5, 0.6) is 0 Å². The van der Waals surface area contributed by atoms with Gasteiger partial charge in [-0.2, -0.15) is 4.31 Å². The van der Waals surface area contributed by atoms with E-state index in [1.807, 2.05) is 11.2 Å². The molecule has 2 fully saturated rings. The fourth-order valence-corrected chi connectivity index (χ4v) is 5.72. The fraction of sp³-hybridized carbons (Fsp3) is 0.632. The topological polar surface area (TPSA) is 57.7 Å². The molecule has 2 saturated heterocycles. The Balaban J connectivity index is 1.90. The molecule has 0 spiro atoms. The lowest BCUT2D eigenvalue weighted by molar-refractivity contribution is 0.0720. The number of likely N-dealkylation sites (tertiary alicyclic amines) is 1. The highest BCUT2D eigenvalue weighted by atomic mass is 32.2. The zero-order valence-corrected chi connectivity index (χ0v) is 17.2. The number of sulfonamides is 1. The normalized spacial score (nSPS) is 20.3. The number of piperidine rings is 2. The molecule has 5 nitrogen and oxygen atoms in total. The first kappa shape index (κ1) is 19.7. The third-order valence-corrected chi connectivity index (χ3v) is 8.12. The number of carbonyl (C=O) groups excluding carboxylic acids is 1. The molecule has 3 rings (SSSR count). The molecular weight excluding hydrogens is 368 g/mol. The van der Waals surface area contributed by atoms with E-state index in [4.69, 9.17) is 0 Å². The highest BCUT2D eigenvalue weighted by Gasteiger charge is 2.30. The summed E-state index contributed by atoms with van der Waals surface area (Å²) >= 11 is 1.49. The Kier molecular flexibility index (Phi) is 6.30. The van der Waals surface area contributed by atoms with Gasteiger partial charge in [-0.05, 0) is 62.5 Å². The van der Waals surface area contributed by atoms with Gasteiger partial charge in [-0.15, -0.1) is 11.8 Å². The molecule has 0 N–H and O–H groups in total. The molecule has 0 aliphatic carbocycles. The predicted molar refractivity (Wildman–Crippen MR) is 105 cm³/mol. The molecule has 0 radical (unpaired) electrons. The first-order valence-corrected chi connectivity index (χ1v) is 12.1. The lowest BCUT2D eigenvalue weighted by Crippen LogP contribution is -2.38. The van der Waals surface area contributed by atoms with E-state index in [2.05, 4.69) is 6.92 Å². The van der Waals surface area contributed by atoms with E-state index in [1.165, 1.54) is 11.8 Å². The summed E-state index contributed by atoms with van der Waals surface area (Å²) in [4.78, 5) is 15.9. The minimum Gasteiger partial charge on any atom is -0.339 e. The van der Waals surface area contributed by atoms with Gasteiger partial charge in [0.15, 0.2) is 0 Å². The lowest BCUT2D eigenvalue weighted by Gasteiger charge is -2.30. The van der Waals surface area contributed by atoms with Crippen LogP contribution in [-0.2, 0) is 10.0 Å². The van der Waals surface area contributed by atoms with Crippen LogP contribution in [0.15, 0.2) is 28.0 Å². The smallest absolute Gasteiger partial charge is 0.255 e. The summed E-state index contributed by atoms with van der Waals surface area (Å²) in [6, 6.07) is 5.02. The molecule has 1 amide bonds. The van der Waals surface area contributed by atoms with E-state index >= 15 is 0 Å². The second-order valence-corrected chi connectivity index (χ2v) is 10.1. The molecule has 1 aromatic rings. The largest absolute Gasteiger partial charge is 0.339 e. The van der Waals surface area contributed by atoms with Crippen LogP contribution in [0.2, 0.25) is 0 Å². The van der Waals surface area contributed by atoms with Crippen molar-refractivity contribution in [3.8, 4) is 0 Å². The van der Waals surface area contributed by atoms with E-state index < -0.39 is 10.0 Å². The third kappa shape index (κ3) is 4.10. The van der Waals surface area contributed by atoms with Crippen molar-refractivity contribution in [3.63, 3.8) is 0 Å². The summed E-state index contributed by atoms with van der Waals surface area (Å²) in [5, 5.41) is 0. The van der Waals surface area contributed by atoms with E-state index in [0.29, 0.717) is 24.6 Å². The predicted octanol–water partition coefficient (Wildman–Crippen LogP) is 3.46. The maximum Gasteiger partial charge on any atom is 0.255 e. The summed E-state index contributed by atoms with van der Waals surface area (Å²) in [7, 11) is -3.54. The van der Waals surface area contributed by atoms with Gasteiger partial charge in [0.05, 0.1) is 10.5 Å². The minimum absolute atomic E-state index is 0.0432. The highest BCUT2D eigenvalue weighted by molar-refractivity contribution is 7.98. The van der Waals surface area contributed by atoms with Gasteiger partial charge >= 0.3 is 0 Å². The molecule has 0 atom stereocenters. The van der Waals surface area contributed by atoms with Crippen LogP contribution < -0.4 is 0 Å². The minimum atomic E-state index is -3.54. The Morgan fingerprint density at radius 2 is 1.73 bits per heavy atom. The van der Waals surface area contributed by atoms with Crippen molar-refractivity contribution in [1.82, 2.24) is 9.21 Å². The third-order valence-electron chi connectivity index (χ3n) is 5.43. The van der Waals surface area contributed by atoms with Crippen LogP contribution in [0.25, 0.3) is 0 Å². The Bertz CT molecular complexity index is 750. The second kappa shape index (κ2) is 8.31. The number of hydrogen-bond acceptors (Lipinski definition) is 4. The quantitative estimate of drug-likeness (QED) is 0.732. The van der Waals surface area contributed by atoms with Crippen LogP contribution in [0.1, 0.15) is 49.4 Å². The van der Waals surface area contributed by atoms with Gasteiger partial charge in [-0.1, -0.05) is 6.92 Å². The first-order chi connectivity index (χ1) is 12.4. The average Bonchev–Trinajstić information content (AvgIpc) is 2.68. The maximum absolute atomic E-state index is 13.0. The van der Waals surface area contributed by atoms with Crippen molar-refractivity contribution in [2.75, 3.05) is 32.4 Å². The Morgan fingerprint density at radius 1 is 1.08 bits per heavy atom. The number of carbonyl (C=O) groups is 1. The van der Waals surface area contributed by atoms with E-state index in [9.17, 15) is 13.2 Å². The van der Waals surface area contributed by atoms with E-state index in [1.54, 1.807) is 22.5 Å². The molecule has 1 aromatic carbocycles. The lowest BCUT2D eigenvalue weighted by atomic mass is 10.0. The molecule has 144 valence electrons. The monoisotopic (exact) mass is 396 g/mol. The molecular formula is C19H28N2O3S2. The number of nitrogens with zero attached hydrogens (tertiary/aromatic N) is 2. The van der Waals surface area contributed by atoms with Gasteiger partial charge in [0, 0.05) is 31.1 Å².